The first-order chi connectivity index (χ1) is 12.6. The highest BCUT2D eigenvalue weighted by Crippen LogP contribution is 2.49. The van der Waals surface area contributed by atoms with Gasteiger partial charge in [-0.3, -0.25) is 9.48 Å². The van der Waals surface area contributed by atoms with Crippen molar-refractivity contribution in [3.63, 3.8) is 0 Å². The van der Waals surface area contributed by atoms with E-state index in [1.54, 1.807) is 0 Å². The zero-order valence-electron chi connectivity index (χ0n) is 16.8. The number of rotatable bonds is 6. The fourth-order valence-corrected chi connectivity index (χ4v) is 6.89. The van der Waals surface area contributed by atoms with Crippen LogP contribution in [0.2, 0.25) is 0 Å². The molecule has 152 valence electrons. The maximum atomic E-state index is 12.7. The van der Waals surface area contributed by atoms with E-state index in [4.69, 9.17) is 0 Å². The molecule has 7 nitrogen and oxygen atoms in total. The van der Waals surface area contributed by atoms with E-state index >= 15 is 0 Å². The Kier molecular flexibility index (Phi) is 5.68. The third-order valence-corrected chi connectivity index (χ3v) is 8.70. The predicted octanol–water partition coefficient (Wildman–Crippen LogP) is 1.72. The number of aromatic nitrogens is 2. The van der Waals surface area contributed by atoms with Crippen LogP contribution < -0.4 is 10.6 Å². The Morgan fingerprint density at radius 1 is 1.37 bits per heavy atom. The second-order valence-electron chi connectivity index (χ2n) is 8.60. The monoisotopic (exact) mass is 396 g/mol. The van der Waals surface area contributed by atoms with Gasteiger partial charge in [0, 0.05) is 43.9 Å². The van der Waals surface area contributed by atoms with Crippen molar-refractivity contribution in [1.82, 2.24) is 20.4 Å². The molecule has 1 unspecified atom stereocenters. The van der Waals surface area contributed by atoms with Crippen LogP contribution in [0.15, 0.2) is 6.20 Å². The van der Waals surface area contributed by atoms with Crippen LogP contribution in [0.25, 0.3) is 0 Å². The predicted molar refractivity (Wildman–Crippen MR) is 105 cm³/mol. The molecule has 1 aromatic rings. The zero-order valence-corrected chi connectivity index (χ0v) is 17.6. The number of carbonyl (C=O) groups is 1. The van der Waals surface area contributed by atoms with E-state index in [0.29, 0.717) is 44.8 Å². The minimum absolute atomic E-state index is 0.0562. The largest absolute Gasteiger partial charge is 0.356 e. The van der Waals surface area contributed by atoms with Gasteiger partial charge >= 0.3 is 0 Å². The fourth-order valence-electron chi connectivity index (χ4n) is 4.42. The highest BCUT2D eigenvalue weighted by Gasteiger charge is 2.56. The molecule has 2 heterocycles. The molecule has 0 bridgehead atoms. The van der Waals surface area contributed by atoms with Crippen molar-refractivity contribution in [2.75, 3.05) is 12.3 Å². The molecule has 0 radical (unpaired) electrons. The molecule has 27 heavy (non-hydrogen) atoms. The lowest BCUT2D eigenvalue weighted by molar-refractivity contribution is -0.119. The first kappa shape index (κ1) is 20.3. The summed E-state index contributed by atoms with van der Waals surface area (Å²) in [6.07, 6.45) is 4.74. The second kappa shape index (κ2) is 7.54. The van der Waals surface area contributed by atoms with E-state index in [0.717, 1.165) is 5.69 Å². The molecule has 3 rings (SSSR count). The number of hydrogen-bond donors (Lipinski definition) is 2. The Balaban J connectivity index is 1.58. The topological polar surface area (TPSA) is 93.1 Å². The highest BCUT2D eigenvalue weighted by atomic mass is 32.2. The summed E-state index contributed by atoms with van der Waals surface area (Å²) in [5.41, 5.74) is 2.19. The van der Waals surface area contributed by atoms with Crippen molar-refractivity contribution in [3.8, 4) is 0 Å². The van der Waals surface area contributed by atoms with Crippen LogP contribution in [-0.2, 0) is 21.2 Å². The second-order valence-corrected chi connectivity index (χ2v) is 11.1. The summed E-state index contributed by atoms with van der Waals surface area (Å²) in [7, 11) is -3.06. The number of aryl methyl sites for hydroxylation is 1. The smallest absolute Gasteiger partial charge is 0.216 e. The SMILES string of the molecule is CC(=O)NCC1CC2(C1)CC(NCc1cn(C(C)C)nc1C)CCS2(=O)=O. The lowest BCUT2D eigenvalue weighted by atomic mass is 9.70. The summed E-state index contributed by atoms with van der Waals surface area (Å²) in [6.45, 7) is 9.02. The number of carbonyl (C=O) groups excluding carboxylic acids is 1. The molecule has 1 aromatic heterocycles. The summed E-state index contributed by atoms with van der Waals surface area (Å²) in [6, 6.07) is 0.535. The zero-order chi connectivity index (χ0) is 19.8. The molecule has 1 spiro atoms. The molecule has 8 heteroatoms. The minimum atomic E-state index is -3.06. The van der Waals surface area contributed by atoms with Crippen molar-refractivity contribution in [1.29, 1.82) is 0 Å². The molecule has 1 aliphatic heterocycles. The normalized spacial score (nSPS) is 29.7. The summed E-state index contributed by atoms with van der Waals surface area (Å²) in [4.78, 5) is 11.1. The number of hydrogen-bond acceptors (Lipinski definition) is 5. The van der Waals surface area contributed by atoms with Crippen LogP contribution in [0, 0.1) is 12.8 Å². The average Bonchev–Trinajstić information content (AvgIpc) is 2.91. The molecule has 1 aliphatic carbocycles. The Morgan fingerprint density at radius 2 is 2.07 bits per heavy atom. The van der Waals surface area contributed by atoms with E-state index in [-0.39, 0.29) is 23.6 Å². The standard InChI is InChI=1S/C19H32N4O3S/c1-13(2)23-12-17(14(3)22-23)11-21-18-5-6-27(25,26)19(9-18)7-16(8-19)10-20-15(4)24/h12-13,16,18,21H,5-11H2,1-4H3,(H,20,24). The summed E-state index contributed by atoms with van der Waals surface area (Å²) in [5, 5.41) is 10.9. The highest BCUT2D eigenvalue weighted by molar-refractivity contribution is 7.92. The van der Waals surface area contributed by atoms with Gasteiger partial charge in [-0.25, -0.2) is 8.42 Å². The number of nitrogens with one attached hydrogen (secondary N) is 2. The van der Waals surface area contributed by atoms with Gasteiger partial charge in [0.25, 0.3) is 0 Å². The van der Waals surface area contributed by atoms with Crippen LogP contribution in [0.1, 0.15) is 63.8 Å². The Bertz CT molecular complexity index is 794. The maximum absolute atomic E-state index is 12.7. The molecular formula is C19H32N4O3S. The van der Waals surface area contributed by atoms with Gasteiger partial charge in [0.2, 0.25) is 5.91 Å². The Labute approximate surface area is 162 Å². The molecular weight excluding hydrogens is 364 g/mol. The van der Waals surface area contributed by atoms with E-state index in [2.05, 4.69) is 35.8 Å². The van der Waals surface area contributed by atoms with Crippen molar-refractivity contribution in [2.24, 2.45) is 5.92 Å². The molecule has 1 saturated carbocycles. The average molecular weight is 397 g/mol. The molecule has 0 aromatic carbocycles. The van der Waals surface area contributed by atoms with E-state index in [9.17, 15) is 13.2 Å². The van der Waals surface area contributed by atoms with Crippen molar-refractivity contribution in [2.45, 2.75) is 76.8 Å². The molecule has 1 amide bonds. The molecule has 2 N–H and O–H groups in total. The van der Waals surface area contributed by atoms with Gasteiger partial charge in [-0.1, -0.05) is 0 Å². The number of amides is 1. The van der Waals surface area contributed by atoms with Crippen molar-refractivity contribution < 1.29 is 13.2 Å². The van der Waals surface area contributed by atoms with Crippen molar-refractivity contribution >= 4 is 15.7 Å². The first-order valence-corrected chi connectivity index (χ1v) is 11.5. The van der Waals surface area contributed by atoms with Crippen LogP contribution in [-0.4, -0.2) is 47.2 Å². The van der Waals surface area contributed by atoms with Crippen LogP contribution in [0.4, 0.5) is 0 Å². The lowest BCUT2D eigenvalue weighted by Gasteiger charge is -2.51. The van der Waals surface area contributed by atoms with E-state index in [1.807, 2.05) is 11.6 Å². The van der Waals surface area contributed by atoms with E-state index < -0.39 is 14.6 Å². The van der Waals surface area contributed by atoms with Gasteiger partial charge in [0.05, 0.1) is 16.2 Å². The maximum Gasteiger partial charge on any atom is 0.216 e. The third kappa shape index (κ3) is 4.21. The van der Waals surface area contributed by atoms with Gasteiger partial charge < -0.3 is 10.6 Å². The summed E-state index contributed by atoms with van der Waals surface area (Å²) >= 11 is 0. The third-order valence-electron chi connectivity index (χ3n) is 6.10. The molecule has 2 aliphatic rings. The molecule has 2 fully saturated rings. The van der Waals surface area contributed by atoms with Crippen LogP contribution in [0.5, 0.6) is 0 Å². The summed E-state index contributed by atoms with van der Waals surface area (Å²) in [5.74, 6) is 0.468. The van der Waals surface area contributed by atoms with Gasteiger partial charge in [-0.05, 0) is 52.4 Å². The summed E-state index contributed by atoms with van der Waals surface area (Å²) < 4.78 is 26.8. The minimum Gasteiger partial charge on any atom is -0.356 e. The fraction of sp³-hybridized carbons (Fsp3) is 0.789. The van der Waals surface area contributed by atoms with Gasteiger partial charge in [0.15, 0.2) is 9.84 Å². The van der Waals surface area contributed by atoms with Crippen molar-refractivity contribution in [3.05, 3.63) is 17.5 Å². The molecule has 1 atom stereocenters. The molecule has 1 saturated heterocycles. The van der Waals surface area contributed by atoms with Crippen LogP contribution >= 0.6 is 0 Å². The lowest BCUT2D eigenvalue weighted by Crippen LogP contribution is -2.59. The van der Waals surface area contributed by atoms with Gasteiger partial charge in [-0.2, -0.15) is 5.10 Å². The van der Waals surface area contributed by atoms with Gasteiger partial charge in [-0.15, -0.1) is 0 Å². The Morgan fingerprint density at radius 3 is 2.67 bits per heavy atom. The van der Waals surface area contributed by atoms with Crippen LogP contribution in [0.3, 0.4) is 0 Å². The first-order valence-electron chi connectivity index (χ1n) is 9.86. The van der Waals surface area contributed by atoms with Gasteiger partial charge in [0.1, 0.15) is 0 Å². The number of sulfone groups is 1. The van der Waals surface area contributed by atoms with E-state index in [1.165, 1.54) is 12.5 Å². The number of nitrogens with zero attached hydrogens (tertiary/aromatic N) is 2. The Hall–Kier alpha value is -1.41. The quantitative estimate of drug-likeness (QED) is 0.764.